The SMILES string of the molecule is C=C(/C=C(/c1ccc(-c2ccccc2)cc1)c1cc(-c2ccc(-c3nc(-c4ccccc4)nc(-c4ccccc4)n3)cc2)c2ccccc2c1)c1ccc(-c2ccccc2)cc1. The van der Waals surface area contributed by atoms with Crippen molar-refractivity contribution in [3.8, 4) is 67.5 Å². The van der Waals surface area contributed by atoms with Gasteiger partial charge in [0.2, 0.25) is 0 Å². The second-order valence-electron chi connectivity index (χ2n) is 15.3. The molecule has 0 aliphatic carbocycles. The lowest BCUT2D eigenvalue weighted by molar-refractivity contribution is 1.07. The molecular weight excluding hydrogens is 751 g/mol. The van der Waals surface area contributed by atoms with Crippen LogP contribution < -0.4 is 0 Å². The Morgan fingerprint density at radius 3 is 1.19 bits per heavy atom. The van der Waals surface area contributed by atoms with E-state index in [1.165, 1.54) is 27.6 Å². The summed E-state index contributed by atoms with van der Waals surface area (Å²) in [6, 6.07) is 80.6. The van der Waals surface area contributed by atoms with E-state index in [1.807, 2.05) is 66.7 Å². The molecule has 3 heteroatoms. The van der Waals surface area contributed by atoms with E-state index in [0.29, 0.717) is 17.5 Å². The van der Waals surface area contributed by atoms with E-state index in [4.69, 9.17) is 15.0 Å². The number of nitrogens with zero attached hydrogens (tertiary/aromatic N) is 3. The van der Waals surface area contributed by atoms with Crippen LogP contribution in [0.25, 0.3) is 89.5 Å². The fraction of sp³-hybridized carbons (Fsp3) is 0. The summed E-state index contributed by atoms with van der Waals surface area (Å²) in [6.45, 7) is 4.62. The number of allylic oxidation sites excluding steroid dienone is 2. The van der Waals surface area contributed by atoms with Crippen LogP contribution in [-0.4, -0.2) is 15.0 Å². The summed E-state index contributed by atoms with van der Waals surface area (Å²) in [6.07, 6.45) is 2.24. The summed E-state index contributed by atoms with van der Waals surface area (Å²) in [4.78, 5) is 14.9. The maximum absolute atomic E-state index is 4.98. The van der Waals surface area contributed by atoms with Gasteiger partial charge >= 0.3 is 0 Å². The number of rotatable bonds is 10. The Morgan fingerprint density at radius 2 is 0.694 bits per heavy atom. The Balaban J connectivity index is 1.06. The van der Waals surface area contributed by atoms with Crippen molar-refractivity contribution in [2.24, 2.45) is 0 Å². The van der Waals surface area contributed by atoms with Gasteiger partial charge in [-0.3, -0.25) is 0 Å². The lowest BCUT2D eigenvalue weighted by atomic mass is 9.88. The fourth-order valence-corrected chi connectivity index (χ4v) is 8.01. The third-order valence-corrected chi connectivity index (χ3v) is 11.3. The fourth-order valence-electron chi connectivity index (χ4n) is 8.01. The van der Waals surface area contributed by atoms with E-state index in [-0.39, 0.29) is 0 Å². The normalized spacial score (nSPS) is 11.4. The van der Waals surface area contributed by atoms with Crippen molar-refractivity contribution in [3.05, 3.63) is 260 Å². The molecule has 0 N–H and O–H groups in total. The highest BCUT2D eigenvalue weighted by atomic mass is 15.0. The second kappa shape index (κ2) is 17.1. The van der Waals surface area contributed by atoms with Gasteiger partial charge in [0.05, 0.1) is 0 Å². The molecule has 0 spiro atoms. The quantitative estimate of drug-likeness (QED) is 0.130. The maximum atomic E-state index is 4.98. The van der Waals surface area contributed by atoms with Crippen molar-refractivity contribution in [1.29, 1.82) is 0 Å². The van der Waals surface area contributed by atoms with Crippen molar-refractivity contribution in [1.82, 2.24) is 15.0 Å². The predicted octanol–water partition coefficient (Wildman–Crippen LogP) is 15.2. The second-order valence-corrected chi connectivity index (χ2v) is 15.3. The van der Waals surface area contributed by atoms with Gasteiger partial charge in [0.15, 0.2) is 17.5 Å². The van der Waals surface area contributed by atoms with Gasteiger partial charge in [-0.1, -0.05) is 225 Å². The molecule has 0 saturated heterocycles. The van der Waals surface area contributed by atoms with Gasteiger partial charge in [0.25, 0.3) is 0 Å². The van der Waals surface area contributed by atoms with E-state index in [0.717, 1.165) is 61.0 Å². The lowest BCUT2D eigenvalue weighted by Gasteiger charge is -2.16. The predicted molar refractivity (Wildman–Crippen MR) is 259 cm³/mol. The van der Waals surface area contributed by atoms with Crippen LogP contribution in [0.15, 0.2) is 243 Å². The first-order valence-electron chi connectivity index (χ1n) is 20.9. The monoisotopic (exact) mass is 791 g/mol. The molecule has 10 rings (SSSR count). The van der Waals surface area contributed by atoms with Crippen molar-refractivity contribution < 1.29 is 0 Å². The molecular formula is C59H41N3. The number of aromatic nitrogens is 3. The Labute approximate surface area is 362 Å². The Kier molecular flexibility index (Phi) is 10.5. The van der Waals surface area contributed by atoms with Crippen molar-refractivity contribution in [2.75, 3.05) is 0 Å². The third kappa shape index (κ3) is 8.03. The molecule has 0 fully saturated rings. The van der Waals surface area contributed by atoms with Crippen molar-refractivity contribution >= 4 is 21.9 Å². The van der Waals surface area contributed by atoms with Gasteiger partial charge in [-0.15, -0.1) is 0 Å². The first-order valence-corrected chi connectivity index (χ1v) is 20.9. The molecule has 0 atom stereocenters. The lowest BCUT2D eigenvalue weighted by Crippen LogP contribution is -2.00. The molecule has 0 aliphatic heterocycles. The largest absolute Gasteiger partial charge is 0.208 e. The molecule has 0 unspecified atom stereocenters. The summed E-state index contributed by atoms with van der Waals surface area (Å²) < 4.78 is 0. The van der Waals surface area contributed by atoms with E-state index < -0.39 is 0 Å². The average Bonchev–Trinajstić information content (AvgIpc) is 3.36. The minimum atomic E-state index is 0.627. The van der Waals surface area contributed by atoms with Crippen LogP contribution in [0.2, 0.25) is 0 Å². The molecule has 0 aliphatic rings. The zero-order chi connectivity index (χ0) is 41.7. The smallest absolute Gasteiger partial charge is 0.164 e. The van der Waals surface area contributed by atoms with Gasteiger partial charge in [-0.2, -0.15) is 0 Å². The molecule has 3 nitrogen and oxygen atoms in total. The zero-order valence-corrected chi connectivity index (χ0v) is 34.1. The van der Waals surface area contributed by atoms with Crippen molar-refractivity contribution in [2.45, 2.75) is 0 Å². The van der Waals surface area contributed by atoms with E-state index in [1.54, 1.807) is 0 Å². The van der Waals surface area contributed by atoms with E-state index in [9.17, 15) is 0 Å². The number of fused-ring (bicyclic) bond motifs is 1. The molecule has 292 valence electrons. The van der Waals surface area contributed by atoms with Gasteiger partial charge in [-0.25, -0.2) is 15.0 Å². The van der Waals surface area contributed by atoms with Gasteiger partial charge in [0.1, 0.15) is 0 Å². The first kappa shape index (κ1) is 38.0. The molecule has 10 aromatic rings. The topological polar surface area (TPSA) is 38.7 Å². The zero-order valence-electron chi connectivity index (χ0n) is 34.1. The van der Waals surface area contributed by atoms with Crippen molar-refractivity contribution in [3.63, 3.8) is 0 Å². The highest BCUT2D eigenvalue weighted by Gasteiger charge is 2.16. The molecule has 1 aromatic heterocycles. The molecule has 1 heterocycles. The Bertz CT molecular complexity index is 3120. The number of hydrogen-bond acceptors (Lipinski definition) is 3. The Hall–Kier alpha value is -8.27. The molecule has 62 heavy (non-hydrogen) atoms. The first-order chi connectivity index (χ1) is 30.6. The highest BCUT2D eigenvalue weighted by molar-refractivity contribution is 6.02. The Morgan fingerprint density at radius 1 is 0.323 bits per heavy atom. The van der Waals surface area contributed by atoms with Gasteiger partial charge in [-0.05, 0) is 90.2 Å². The number of benzene rings is 9. The van der Waals surface area contributed by atoms with Crippen LogP contribution in [0.1, 0.15) is 16.7 Å². The highest BCUT2D eigenvalue weighted by Crippen LogP contribution is 2.38. The summed E-state index contributed by atoms with van der Waals surface area (Å²) >= 11 is 0. The minimum absolute atomic E-state index is 0.627. The molecule has 0 bridgehead atoms. The molecule has 0 saturated carbocycles. The third-order valence-electron chi connectivity index (χ3n) is 11.3. The maximum Gasteiger partial charge on any atom is 0.164 e. The van der Waals surface area contributed by atoms with Crippen LogP contribution in [0.5, 0.6) is 0 Å². The summed E-state index contributed by atoms with van der Waals surface area (Å²) in [5, 5.41) is 2.34. The molecule has 0 amide bonds. The summed E-state index contributed by atoms with van der Waals surface area (Å²) in [5.74, 6) is 1.91. The molecule has 0 radical (unpaired) electrons. The van der Waals surface area contributed by atoms with Crippen LogP contribution >= 0.6 is 0 Å². The average molecular weight is 792 g/mol. The van der Waals surface area contributed by atoms with Crippen LogP contribution in [0.3, 0.4) is 0 Å². The summed E-state index contributed by atoms with van der Waals surface area (Å²) in [5.41, 5.74) is 15.1. The van der Waals surface area contributed by atoms with Crippen LogP contribution in [-0.2, 0) is 0 Å². The van der Waals surface area contributed by atoms with E-state index in [2.05, 4.69) is 176 Å². The van der Waals surface area contributed by atoms with Gasteiger partial charge < -0.3 is 0 Å². The van der Waals surface area contributed by atoms with Crippen LogP contribution in [0, 0.1) is 0 Å². The van der Waals surface area contributed by atoms with Crippen LogP contribution in [0.4, 0.5) is 0 Å². The standard InChI is InChI=1S/C59H41N3/c1-41(42-26-28-45(29-27-42)43-16-6-2-7-17-43)38-55(47-32-30-46(31-33-47)44-18-8-3-9-19-44)53-39-52-24-14-15-25-54(52)56(40-53)48-34-36-51(37-35-48)59-61-57(49-20-10-4-11-21-49)60-58(62-59)50-22-12-5-13-23-50/h2-40H,1H2/b55-38-. The van der Waals surface area contributed by atoms with Gasteiger partial charge in [0, 0.05) is 16.7 Å². The van der Waals surface area contributed by atoms with E-state index >= 15 is 0 Å². The molecule has 9 aromatic carbocycles. The number of hydrogen-bond donors (Lipinski definition) is 0. The minimum Gasteiger partial charge on any atom is -0.208 e. The summed E-state index contributed by atoms with van der Waals surface area (Å²) in [7, 11) is 0.